The topological polar surface area (TPSA) is 82.8 Å². The summed E-state index contributed by atoms with van der Waals surface area (Å²) in [5.74, 6) is -0.281. The van der Waals surface area contributed by atoms with Gasteiger partial charge in [0.1, 0.15) is 5.54 Å². The monoisotopic (exact) mass is 274 g/mol. The van der Waals surface area contributed by atoms with Crippen molar-refractivity contribution >= 4 is 5.91 Å². The molecule has 0 aromatic rings. The summed E-state index contributed by atoms with van der Waals surface area (Å²) in [6.45, 7) is 4.96. The van der Waals surface area contributed by atoms with E-state index in [-0.39, 0.29) is 12.0 Å². The van der Waals surface area contributed by atoms with E-state index >= 15 is 0 Å². The number of likely N-dealkylation sites (N-methyl/N-ethyl adjacent to an activating group) is 1. The zero-order valence-corrected chi connectivity index (χ0v) is 11.9. The lowest BCUT2D eigenvalue weighted by atomic mass is 9.96. The van der Waals surface area contributed by atoms with E-state index in [1.54, 1.807) is 7.11 Å². The first-order valence-electron chi connectivity index (χ1n) is 6.88. The van der Waals surface area contributed by atoms with E-state index in [2.05, 4.69) is 5.32 Å². The molecular formula is C13H26N2O4. The minimum atomic E-state index is -0.587. The Morgan fingerprint density at radius 1 is 1.37 bits per heavy atom. The zero-order chi connectivity index (χ0) is 14.1. The minimum absolute atomic E-state index is 0.0811. The van der Waals surface area contributed by atoms with Crippen LogP contribution in [0.25, 0.3) is 0 Å². The number of carbonyl (C=O) groups excluding carboxylic acids is 1. The molecule has 3 N–H and O–H groups in total. The van der Waals surface area contributed by atoms with E-state index in [0.29, 0.717) is 32.8 Å². The Bertz CT molecular complexity index is 275. The van der Waals surface area contributed by atoms with Gasteiger partial charge in [-0.05, 0) is 19.4 Å². The summed E-state index contributed by atoms with van der Waals surface area (Å²) in [6, 6.07) is 0. The Kier molecular flexibility index (Phi) is 7.30. The number of ether oxygens (including phenoxy) is 3. The second kappa shape index (κ2) is 8.47. The van der Waals surface area contributed by atoms with Crippen LogP contribution in [-0.4, -0.2) is 57.6 Å². The molecule has 0 spiro atoms. The van der Waals surface area contributed by atoms with Crippen molar-refractivity contribution in [1.29, 1.82) is 0 Å². The molecule has 1 aliphatic rings. The Morgan fingerprint density at radius 3 is 2.74 bits per heavy atom. The van der Waals surface area contributed by atoms with Crippen LogP contribution >= 0.6 is 0 Å². The summed E-state index contributed by atoms with van der Waals surface area (Å²) in [4.78, 5) is 11.6. The highest BCUT2D eigenvalue weighted by atomic mass is 16.5. The first-order chi connectivity index (χ1) is 9.14. The predicted octanol–water partition coefficient (Wildman–Crippen LogP) is 0.0521. The van der Waals surface area contributed by atoms with Crippen LogP contribution < -0.4 is 11.1 Å². The maximum absolute atomic E-state index is 11.6. The fourth-order valence-corrected chi connectivity index (χ4v) is 2.47. The van der Waals surface area contributed by atoms with E-state index in [9.17, 15) is 4.79 Å². The molecule has 0 radical (unpaired) electrons. The number of rotatable bonds is 10. The SMILES string of the molecule is CCNC1(C(N)=O)CCC(OCCOCCOC)C1. The van der Waals surface area contributed by atoms with Gasteiger partial charge >= 0.3 is 0 Å². The second-order valence-electron chi connectivity index (χ2n) is 4.82. The first-order valence-corrected chi connectivity index (χ1v) is 6.88. The van der Waals surface area contributed by atoms with Gasteiger partial charge in [-0.15, -0.1) is 0 Å². The lowest BCUT2D eigenvalue weighted by molar-refractivity contribution is -0.124. The third-order valence-electron chi connectivity index (χ3n) is 3.47. The van der Waals surface area contributed by atoms with Gasteiger partial charge in [0.25, 0.3) is 0 Å². The summed E-state index contributed by atoms with van der Waals surface area (Å²) in [5.41, 5.74) is 4.91. The molecule has 0 aromatic carbocycles. The largest absolute Gasteiger partial charge is 0.382 e. The van der Waals surface area contributed by atoms with E-state index in [4.69, 9.17) is 19.9 Å². The number of nitrogens with one attached hydrogen (secondary N) is 1. The predicted molar refractivity (Wildman–Crippen MR) is 71.9 cm³/mol. The van der Waals surface area contributed by atoms with Crippen molar-refractivity contribution in [3.8, 4) is 0 Å². The number of amides is 1. The lowest BCUT2D eigenvalue weighted by Gasteiger charge is -2.26. The molecule has 0 saturated heterocycles. The van der Waals surface area contributed by atoms with Gasteiger partial charge in [-0.25, -0.2) is 0 Å². The average molecular weight is 274 g/mol. The van der Waals surface area contributed by atoms with Gasteiger partial charge in [0.2, 0.25) is 5.91 Å². The van der Waals surface area contributed by atoms with Crippen LogP contribution in [-0.2, 0) is 19.0 Å². The van der Waals surface area contributed by atoms with Crippen molar-refractivity contribution in [2.45, 2.75) is 37.8 Å². The average Bonchev–Trinajstić information content (AvgIpc) is 2.79. The van der Waals surface area contributed by atoms with Crippen LogP contribution in [0.4, 0.5) is 0 Å². The van der Waals surface area contributed by atoms with Crippen molar-refractivity contribution < 1.29 is 19.0 Å². The quantitative estimate of drug-likeness (QED) is 0.550. The standard InChI is InChI=1S/C13H26N2O4/c1-3-15-13(12(14)16)5-4-11(10-13)19-9-8-18-7-6-17-2/h11,15H,3-10H2,1-2H3,(H2,14,16). The molecule has 19 heavy (non-hydrogen) atoms. The molecule has 0 aromatic heterocycles. The summed E-state index contributed by atoms with van der Waals surface area (Å²) < 4.78 is 15.9. The smallest absolute Gasteiger partial charge is 0.237 e. The number of nitrogens with two attached hydrogens (primary N) is 1. The molecule has 6 heteroatoms. The van der Waals surface area contributed by atoms with Gasteiger partial charge in [0.05, 0.1) is 32.5 Å². The van der Waals surface area contributed by atoms with Crippen LogP contribution in [0.2, 0.25) is 0 Å². The second-order valence-corrected chi connectivity index (χ2v) is 4.82. The molecule has 0 aliphatic heterocycles. The first kappa shape index (κ1) is 16.4. The molecule has 112 valence electrons. The Hall–Kier alpha value is -0.690. The highest BCUT2D eigenvalue weighted by Gasteiger charge is 2.43. The van der Waals surface area contributed by atoms with E-state index in [1.807, 2.05) is 6.92 Å². The molecule has 1 amide bonds. The van der Waals surface area contributed by atoms with Crippen LogP contribution in [0.3, 0.4) is 0 Å². The van der Waals surface area contributed by atoms with Crippen molar-refractivity contribution in [1.82, 2.24) is 5.32 Å². The highest BCUT2D eigenvalue weighted by molar-refractivity contribution is 5.85. The molecule has 0 bridgehead atoms. The molecule has 1 saturated carbocycles. The number of hydrogen-bond acceptors (Lipinski definition) is 5. The van der Waals surface area contributed by atoms with Gasteiger partial charge in [-0.2, -0.15) is 0 Å². The maximum atomic E-state index is 11.6. The van der Waals surface area contributed by atoms with Gasteiger partial charge in [-0.3, -0.25) is 4.79 Å². The zero-order valence-electron chi connectivity index (χ0n) is 11.9. The molecule has 2 unspecified atom stereocenters. The van der Waals surface area contributed by atoms with Crippen molar-refractivity contribution in [3.05, 3.63) is 0 Å². The lowest BCUT2D eigenvalue weighted by Crippen LogP contribution is -2.53. The van der Waals surface area contributed by atoms with E-state index in [1.165, 1.54) is 0 Å². The molecular weight excluding hydrogens is 248 g/mol. The van der Waals surface area contributed by atoms with E-state index < -0.39 is 5.54 Å². The fraction of sp³-hybridized carbons (Fsp3) is 0.923. The van der Waals surface area contributed by atoms with Crippen molar-refractivity contribution in [3.63, 3.8) is 0 Å². The molecule has 0 heterocycles. The normalized spacial score (nSPS) is 26.7. The summed E-state index contributed by atoms with van der Waals surface area (Å²) in [7, 11) is 1.64. The summed E-state index contributed by atoms with van der Waals surface area (Å²) >= 11 is 0. The van der Waals surface area contributed by atoms with Gasteiger partial charge < -0.3 is 25.3 Å². The maximum Gasteiger partial charge on any atom is 0.237 e. The molecule has 1 rings (SSSR count). The Balaban J connectivity index is 2.21. The summed E-state index contributed by atoms with van der Waals surface area (Å²) in [5, 5.41) is 3.20. The number of primary amides is 1. The van der Waals surface area contributed by atoms with Crippen molar-refractivity contribution in [2.24, 2.45) is 5.73 Å². The summed E-state index contributed by atoms with van der Waals surface area (Å²) in [6.07, 6.45) is 2.32. The Morgan fingerprint density at radius 2 is 2.11 bits per heavy atom. The Labute approximate surface area is 115 Å². The van der Waals surface area contributed by atoms with Crippen LogP contribution in [0.1, 0.15) is 26.2 Å². The van der Waals surface area contributed by atoms with Crippen molar-refractivity contribution in [2.75, 3.05) is 40.1 Å². The number of hydrogen-bond donors (Lipinski definition) is 2. The van der Waals surface area contributed by atoms with Gasteiger partial charge in [-0.1, -0.05) is 6.92 Å². The third-order valence-corrected chi connectivity index (χ3v) is 3.47. The van der Waals surface area contributed by atoms with Gasteiger partial charge in [0.15, 0.2) is 0 Å². The number of methoxy groups -OCH3 is 1. The van der Waals surface area contributed by atoms with Crippen LogP contribution in [0.5, 0.6) is 0 Å². The highest BCUT2D eigenvalue weighted by Crippen LogP contribution is 2.31. The minimum Gasteiger partial charge on any atom is -0.382 e. The molecule has 6 nitrogen and oxygen atoms in total. The molecule has 1 fully saturated rings. The fourth-order valence-electron chi connectivity index (χ4n) is 2.47. The van der Waals surface area contributed by atoms with Crippen LogP contribution in [0, 0.1) is 0 Å². The van der Waals surface area contributed by atoms with Crippen LogP contribution in [0.15, 0.2) is 0 Å². The van der Waals surface area contributed by atoms with E-state index in [0.717, 1.165) is 19.4 Å². The third kappa shape index (κ3) is 5.06. The molecule has 1 aliphatic carbocycles. The van der Waals surface area contributed by atoms with Gasteiger partial charge in [0, 0.05) is 13.5 Å². The molecule has 2 atom stereocenters. The number of carbonyl (C=O) groups is 1.